The van der Waals surface area contributed by atoms with Crippen molar-refractivity contribution < 1.29 is 9.90 Å². The van der Waals surface area contributed by atoms with E-state index in [0.717, 1.165) is 5.82 Å². The first-order valence-corrected chi connectivity index (χ1v) is 6.42. The summed E-state index contributed by atoms with van der Waals surface area (Å²) in [6.07, 6.45) is 1.60. The maximum absolute atomic E-state index is 11.3. The molecule has 19 heavy (non-hydrogen) atoms. The molecule has 1 aromatic carbocycles. The molecule has 0 saturated heterocycles. The van der Waals surface area contributed by atoms with Gasteiger partial charge in [-0.1, -0.05) is 6.07 Å². The van der Waals surface area contributed by atoms with Crippen LogP contribution in [0.15, 0.2) is 29.0 Å². The predicted octanol–water partition coefficient (Wildman–Crippen LogP) is 2.45. The summed E-state index contributed by atoms with van der Waals surface area (Å²) < 4.78 is 2.32. The Morgan fingerprint density at radius 3 is 2.84 bits per heavy atom. The molecule has 0 bridgehead atoms. The minimum atomic E-state index is -0.986. The zero-order valence-electron chi connectivity index (χ0n) is 10.5. The van der Waals surface area contributed by atoms with Crippen molar-refractivity contribution in [2.75, 3.05) is 5.32 Å². The standard InChI is InChI=1S/C12H13BrN4O2/c1-7(11-16-14-6-17(11)2)15-9-5-3-4-8(13)10(9)12(18)19/h3-7,15H,1-2H3,(H,18,19). The lowest BCUT2D eigenvalue weighted by atomic mass is 10.1. The van der Waals surface area contributed by atoms with Crippen LogP contribution in [0.1, 0.15) is 29.1 Å². The zero-order valence-corrected chi connectivity index (χ0v) is 12.0. The highest BCUT2D eigenvalue weighted by Gasteiger charge is 2.17. The Kier molecular flexibility index (Phi) is 3.84. The first kappa shape index (κ1) is 13.5. The Hall–Kier alpha value is -1.89. The van der Waals surface area contributed by atoms with E-state index in [-0.39, 0.29) is 11.6 Å². The molecule has 0 aliphatic heterocycles. The second kappa shape index (κ2) is 5.40. The molecule has 7 heteroatoms. The average molecular weight is 325 g/mol. The van der Waals surface area contributed by atoms with Crippen LogP contribution in [0.25, 0.3) is 0 Å². The number of rotatable bonds is 4. The van der Waals surface area contributed by atoms with Crippen LogP contribution in [-0.4, -0.2) is 25.8 Å². The monoisotopic (exact) mass is 324 g/mol. The third-order valence-electron chi connectivity index (χ3n) is 2.73. The third-order valence-corrected chi connectivity index (χ3v) is 3.39. The van der Waals surface area contributed by atoms with E-state index in [1.165, 1.54) is 0 Å². The molecule has 0 spiro atoms. The Labute approximate surface area is 118 Å². The molecule has 0 amide bonds. The lowest BCUT2D eigenvalue weighted by molar-refractivity contribution is 0.0697. The molecule has 0 fully saturated rings. The summed E-state index contributed by atoms with van der Waals surface area (Å²) in [4.78, 5) is 11.3. The van der Waals surface area contributed by atoms with Gasteiger partial charge in [0, 0.05) is 11.5 Å². The molecule has 100 valence electrons. The highest BCUT2D eigenvalue weighted by molar-refractivity contribution is 9.10. The SMILES string of the molecule is CC(Nc1cccc(Br)c1C(=O)O)c1nncn1C. The molecular weight excluding hydrogens is 312 g/mol. The van der Waals surface area contributed by atoms with Crippen molar-refractivity contribution in [3.8, 4) is 0 Å². The van der Waals surface area contributed by atoms with Crippen molar-refractivity contribution in [3.63, 3.8) is 0 Å². The van der Waals surface area contributed by atoms with Crippen LogP contribution >= 0.6 is 15.9 Å². The van der Waals surface area contributed by atoms with Gasteiger partial charge >= 0.3 is 5.97 Å². The Morgan fingerprint density at radius 1 is 1.53 bits per heavy atom. The molecule has 0 saturated carbocycles. The fourth-order valence-electron chi connectivity index (χ4n) is 1.84. The van der Waals surface area contributed by atoms with Gasteiger partial charge in [0.25, 0.3) is 0 Å². The van der Waals surface area contributed by atoms with Crippen LogP contribution in [0.3, 0.4) is 0 Å². The van der Waals surface area contributed by atoms with Gasteiger partial charge in [-0.25, -0.2) is 4.79 Å². The molecule has 1 unspecified atom stereocenters. The molecule has 6 nitrogen and oxygen atoms in total. The van der Waals surface area contributed by atoms with Gasteiger partial charge in [-0.05, 0) is 35.0 Å². The quantitative estimate of drug-likeness (QED) is 0.902. The van der Waals surface area contributed by atoms with Crippen LogP contribution in [-0.2, 0) is 7.05 Å². The third kappa shape index (κ3) is 2.76. The summed E-state index contributed by atoms with van der Waals surface area (Å²) in [7, 11) is 1.84. The minimum absolute atomic E-state index is 0.153. The Bertz CT molecular complexity index is 612. The van der Waals surface area contributed by atoms with E-state index in [1.807, 2.05) is 14.0 Å². The maximum atomic E-state index is 11.3. The van der Waals surface area contributed by atoms with E-state index < -0.39 is 5.97 Å². The average Bonchev–Trinajstić information content (AvgIpc) is 2.75. The second-order valence-electron chi connectivity index (χ2n) is 4.13. The van der Waals surface area contributed by atoms with Gasteiger partial charge in [-0.15, -0.1) is 10.2 Å². The molecule has 1 aromatic heterocycles. The number of carboxylic acids is 1. The molecule has 1 heterocycles. The van der Waals surface area contributed by atoms with Crippen molar-refractivity contribution in [1.29, 1.82) is 0 Å². The van der Waals surface area contributed by atoms with Crippen LogP contribution in [0.2, 0.25) is 0 Å². The number of hydrogen-bond acceptors (Lipinski definition) is 4. The van der Waals surface area contributed by atoms with Gasteiger partial charge < -0.3 is 15.0 Å². The van der Waals surface area contributed by atoms with Crippen molar-refractivity contribution >= 4 is 27.6 Å². The summed E-state index contributed by atoms with van der Waals surface area (Å²) >= 11 is 3.25. The molecule has 2 aromatic rings. The number of aryl methyl sites for hydroxylation is 1. The highest BCUT2D eigenvalue weighted by Crippen LogP contribution is 2.27. The topological polar surface area (TPSA) is 80.0 Å². The van der Waals surface area contributed by atoms with Gasteiger partial charge in [-0.2, -0.15) is 0 Å². The molecule has 1 atom stereocenters. The molecule has 0 aliphatic carbocycles. The summed E-state index contributed by atoms with van der Waals surface area (Å²) in [5.41, 5.74) is 0.744. The van der Waals surface area contributed by atoms with Gasteiger partial charge in [0.05, 0.1) is 17.3 Å². The normalized spacial score (nSPS) is 12.2. The van der Waals surface area contributed by atoms with E-state index >= 15 is 0 Å². The number of benzene rings is 1. The van der Waals surface area contributed by atoms with Crippen molar-refractivity contribution in [3.05, 3.63) is 40.4 Å². The van der Waals surface area contributed by atoms with Crippen LogP contribution < -0.4 is 5.32 Å². The van der Waals surface area contributed by atoms with E-state index in [0.29, 0.717) is 10.2 Å². The summed E-state index contributed by atoms with van der Waals surface area (Å²) in [6.45, 7) is 1.90. The van der Waals surface area contributed by atoms with E-state index in [2.05, 4.69) is 31.4 Å². The number of aromatic carboxylic acids is 1. The van der Waals surface area contributed by atoms with Crippen LogP contribution in [0.5, 0.6) is 0 Å². The van der Waals surface area contributed by atoms with Crippen molar-refractivity contribution in [2.45, 2.75) is 13.0 Å². The minimum Gasteiger partial charge on any atom is -0.478 e. The number of halogens is 1. The second-order valence-corrected chi connectivity index (χ2v) is 4.99. The zero-order chi connectivity index (χ0) is 14.0. The number of aromatic nitrogens is 3. The number of hydrogen-bond donors (Lipinski definition) is 2. The number of carbonyl (C=O) groups is 1. The number of anilines is 1. The maximum Gasteiger partial charge on any atom is 0.338 e. The smallest absolute Gasteiger partial charge is 0.338 e. The lowest BCUT2D eigenvalue weighted by Crippen LogP contribution is -2.14. The van der Waals surface area contributed by atoms with E-state index in [1.54, 1.807) is 29.1 Å². The van der Waals surface area contributed by atoms with Crippen LogP contribution in [0, 0.1) is 0 Å². The molecular formula is C12H13BrN4O2. The summed E-state index contributed by atoms with van der Waals surface area (Å²) in [5, 5.41) is 20.2. The number of nitrogens with one attached hydrogen (secondary N) is 1. The summed E-state index contributed by atoms with van der Waals surface area (Å²) in [5.74, 6) is -0.253. The molecule has 2 rings (SSSR count). The molecule has 0 aliphatic rings. The van der Waals surface area contributed by atoms with E-state index in [9.17, 15) is 9.90 Å². The summed E-state index contributed by atoms with van der Waals surface area (Å²) in [6, 6.07) is 5.05. The molecule has 0 radical (unpaired) electrons. The fraction of sp³-hybridized carbons (Fsp3) is 0.250. The fourth-order valence-corrected chi connectivity index (χ4v) is 2.38. The van der Waals surface area contributed by atoms with Crippen LogP contribution in [0.4, 0.5) is 5.69 Å². The highest BCUT2D eigenvalue weighted by atomic mass is 79.9. The number of carboxylic acid groups (broad SMARTS) is 1. The van der Waals surface area contributed by atoms with Gasteiger partial charge in [0.15, 0.2) is 5.82 Å². The largest absolute Gasteiger partial charge is 0.478 e. The first-order valence-electron chi connectivity index (χ1n) is 5.63. The lowest BCUT2D eigenvalue weighted by Gasteiger charge is -2.16. The van der Waals surface area contributed by atoms with Gasteiger partial charge in [-0.3, -0.25) is 0 Å². The molecule has 2 N–H and O–H groups in total. The Morgan fingerprint density at radius 2 is 2.26 bits per heavy atom. The number of nitrogens with zero attached hydrogens (tertiary/aromatic N) is 3. The van der Waals surface area contributed by atoms with E-state index in [4.69, 9.17) is 0 Å². The predicted molar refractivity (Wildman–Crippen MR) is 74.1 cm³/mol. The first-order chi connectivity index (χ1) is 9.00. The Balaban J connectivity index is 2.32. The van der Waals surface area contributed by atoms with Crippen molar-refractivity contribution in [1.82, 2.24) is 14.8 Å². The van der Waals surface area contributed by atoms with Gasteiger partial charge in [0.2, 0.25) is 0 Å². The van der Waals surface area contributed by atoms with Crippen molar-refractivity contribution in [2.24, 2.45) is 7.05 Å². The van der Waals surface area contributed by atoms with Gasteiger partial charge in [0.1, 0.15) is 6.33 Å².